The number of hydrogen-bond donors (Lipinski definition) is 2. The van der Waals surface area contributed by atoms with Crippen LogP contribution in [0.1, 0.15) is 43.5 Å². The predicted octanol–water partition coefficient (Wildman–Crippen LogP) is 3.70. The Hall–Kier alpha value is -4.40. The lowest BCUT2D eigenvalue weighted by molar-refractivity contribution is -0.128. The summed E-state index contributed by atoms with van der Waals surface area (Å²) in [5.41, 5.74) is 1.12. The van der Waals surface area contributed by atoms with E-state index in [2.05, 4.69) is 26.4 Å². The van der Waals surface area contributed by atoms with Gasteiger partial charge in [-0.3, -0.25) is 29.6 Å². The highest BCUT2D eigenvalue weighted by Crippen LogP contribution is 2.48. The van der Waals surface area contributed by atoms with E-state index in [1.54, 1.807) is 22.9 Å². The van der Waals surface area contributed by atoms with Crippen molar-refractivity contribution in [2.24, 2.45) is 12.5 Å². The van der Waals surface area contributed by atoms with Gasteiger partial charge < -0.3 is 5.11 Å². The lowest BCUT2D eigenvalue weighted by Gasteiger charge is -2.50. The Morgan fingerprint density at radius 2 is 1.95 bits per heavy atom. The molecule has 41 heavy (non-hydrogen) atoms. The lowest BCUT2D eigenvalue weighted by atomic mass is 9.66. The summed E-state index contributed by atoms with van der Waals surface area (Å²) in [4.78, 5) is 31.8. The molecule has 0 spiro atoms. The second kappa shape index (κ2) is 9.61. The van der Waals surface area contributed by atoms with Crippen LogP contribution >= 0.6 is 0 Å². The van der Waals surface area contributed by atoms with Crippen LogP contribution in [-0.4, -0.2) is 56.3 Å². The number of rotatable bonds is 4. The Morgan fingerprint density at radius 3 is 2.68 bits per heavy atom. The molecule has 11 heteroatoms. The SMILES string of the molecule is Cn1nc(C#N)c2cc(CN3CC[C@](O)(c4ccc5ncc(N6CCC(=O)NC6=O)cc5c4F)C(C)(C)C3)ccc21. The fourth-order valence-corrected chi connectivity index (χ4v) is 6.24. The summed E-state index contributed by atoms with van der Waals surface area (Å²) in [7, 11) is 1.81. The molecule has 4 aromatic rings. The molecule has 1 atom stereocenters. The number of aromatic nitrogens is 3. The third-order valence-corrected chi connectivity index (χ3v) is 8.55. The first-order valence-electron chi connectivity index (χ1n) is 13.5. The van der Waals surface area contributed by atoms with Gasteiger partial charge in [0.1, 0.15) is 11.9 Å². The molecule has 210 valence electrons. The quantitative estimate of drug-likeness (QED) is 0.393. The van der Waals surface area contributed by atoms with Gasteiger partial charge >= 0.3 is 6.03 Å². The van der Waals surface area contributed by atoms with Gasteiger partial charge in [0.2, 0.25) is 5.91 Å². The van der Waals surface area contributed by atoms with Gasteiger partial charge in [-0.25, -0.2) is 9.18 Å². The second-order valence-electron chi connectivity index (χ2n) is 11.6. The van der Waals surface area contributed by atoms with E-state index >= 15 is 4.39 Å². The summed E-state index contributed by atoms with van der Waals surface area (Å²) in [6, 6.07) is 12.4. The van der Waals surface area contributed by atoms with Crippen LogP contribution in [0.4, 0.5) is 14.9 Å². The molecule has 2 fully saturated rings. The second-order valence-corrected chi connectivity index (χ2v) is 11.6. The highest BCUT2D eigenvalue weighted by Gasteiger charge is 2.50. The molecule has 0 saturated carbocycles. The minimum Gasteiger partial charge on any atom is -0.384 e. The first kappa shape index (κ1) is 26.8. The van der Waals surface area contributed by atoms with Crippen molar-refractivity contribution in [2.75, 3.05) is 24.5 Å². The normalized spacial score (nSPS) is 21.3. The van der Waals surface area contributed by atoms with Crippen molar-refractivity contribution in [1.29, 1.82) is 5.26 Å². The number of carbonyl (C=O) groups excluding carboxylic acids is 2. The molecule has 0 radical (unpaired) electrons. The summed E-state index contributed by atoms with van der Waals surface area (Å²) < 4.78 is 17.9. The number of pyridine rings is 1. The van der Waals surface area contributed by atoms with Crippen LogP contribution < -0.4 is 10.2 Å². The van der Waals surface area contributed by atoms with E-state index in [9.17, 15) is 20.0 Å². The van der Waals surface area contributed by atoms with E-state index in [-0.39, 0.29) is 29.8 Å². The number of anilines is 1. The smallest absolute Gasteiger partial charge is 0.328 e. The van der Waals surface area contributed by atoms with Crippen LogP contribution in [-0.2, 0) is 24.0 Å². The van der Waals surface area contributed by atoms with Crippen molar-refractivity contribution >= 4 is 39.4 Å². The molecule has 3 amide bonds. The Morgan fingerprint density at radius 1 is 1.15 bits per heavy atom. The van der Waals surface area contributed by atoms with E-state index in [1.807, 2.05) is 39.1 Å². The molecule has 2 aliphatic heterocycles. The van der Waals surface area contributed by atoms with E-state index in [1.165, 1.54) is 11.1 Å². The van der Waals surface area contributed by atoms with Gasteiger partial charge in [0.15, 0.2) is 5.69 Å². The number of nitrogens with one attached hydrogen (secondary N) is 1. The van der Waals surface area contributed by atoms with Crippen LogP contribution in [0.25, 0.3) is 21.8 Å². The average Bonchev–Trinajstić information content (AvgIpc) is 3.25. The van der Waals surface area contributed by atoms with Gasteiger partial charge in [-0.05, 0) is 36.2 Å². The number of halogens is 1. The molecule has 4 heterocycles. The van der Waals surface area contributed by atoms with E-state index in [4.69, 9.17) is 0 Å². The summed E-state index contributed by atoms with van der Waals surface area (Å²) in [5, 5.41) is 29.1. The van der Waals surface area contributed by atoms with E-state index in [0.29, 0.717) is 43.0 Å². The van der Waals surface area contributed by atoms with Crippen LogP contribution in [0.2, 0.25) is 0 Å². The van der Waals surface area contributed by atoms with Gasteiger partial charge in [0, 0.05) is 61.4 Å². The van der Waals surface area contributed by atoms with Crippen molar-refractivity contribution in [3.63, 3.8) is 0 Å². The largest absolute Gasteiger partial charge is 0.384 e. The molecular formula is C30H30FN7O3. The zero-order valence-electron chi connectivity index (χ0n) is 23.1. The zero-order valence-corrected chi connectivity index (χ0v) is 23.1. The molecule has 2 saturated heterocycles. The zero-order chi connectivity index (χ0) is 29.1. The number of carbonyl (C=O) groups is 2. The number of nitriles is 1. The van der Waals surface area contributed by atoms with Crippen molar-refractivity contribution in [3.8, 4) is 6.07 Å². The number of benzene rings is 2. The number of aryl methyl sites for hydroxylation is 1. The molecule has 0 aliphatic carbocycles. The number of imide groups is 1. The summed E-state index contributed by atoms with van der Waals surface area (Å²) in [6.45, 7) is 5.71. The van der Waals surface area contributed by atoms with Crippen molar-refractivity contribution in [1.82, 2.24) is 25.0 Å². The standard InChI is InChI=1S/C30H30FN7O3/c1-29(2)17-37(16-18-4-7-25-20(12-18)24(14-32)35-36(25)3)11-9-30(29,41)22-5-6-23-21(27(22)31)13-19(15-33-23)38-10-8-26(39)34-28(38)40/h4-7,12-13,15,41H,8-11,16-17H2,1-3H3,(H,34,39,40)/t30-/m0/s1. The van der Waals surface area contributed by atoms with Crippen molar-refractivity contribution in [2.45, 2.75) is 38.8 Å². The maximum atomic E-state index is 16.2. The first-order valence-corrected chi connectivity index (χ1v) is 13.5. The number of piperidine rings is 1. The van der Waals surface area contributed by atoms with Crippen LogP contribution in [0, 0.1) is 22.6 Å². The molecule has 0 bridgehead atoms. The van der Waals surface area contributed by atoms with Crippen LogP contribution in [0.15, 0.2) is 42.6 Å². The molecule has 2 N–H and O–H groups in total. The van der Waals surface area contributed by atoms with E-state index < -0.39 is 22.9 Å². The monoisotopic (exact) mass is 555 g/mol. The minimum absolute atomic E-state index is 0.145. The van der Waals surface area contributed by atoms with Gasteiger partial charge in [0.05, 0.1) is 28.5 Å². The topological polar surface area (TPSA) is 127 Å². The summed E-state index contributed by atoms with van der Waals surface area (Å²) in [6.07, 6.45) is 1.94. The average molecular weight is 556 g/mol. The number of aliphatic hydroxyl groups is 1. The van der Waals surface area contributed by atoms with Gasteiger partial charge in [-0.1, -0.05) is 26.0 Å². The predicted molar refractivity (Wildman–Crippen MR) is 150 cm³/mol. The fourth-order valence-electron chi connectivity index (χ4n) is 6.24. The van der Waals surface area contributed by atoms with Gasteiger partial charge in [-0.15, -0.1) is 0 Å². The number of nitrogens with zero attached hydrogens (tertiary/aromatic N) is 6. The molecule has 2 aliphatic rings. The van der Waals surface area contributed by atoms with Gasteiger partial charge in [0.25, 0.3) is 0 Å². The summed E-state index contributed by atoms with van der Waals surface area (Å²) in [5.74, 6) is -0.922. The molecule has 2 aromatic carbocycles. The molecule has 0 unspecified atom stereocenters. The van der Waals surface area contributed by atoms with Crippen molar-refractivity contribution < 1.29 is 19.1 Å². The van der Waals surface area contributed by atoms with E-state index in [0.717, 1.165) is 16.5 Å². The number of fused-ring (bicyclic) bond motifs is 2. The Labute approximate surface area is 236 Å². The minimum atomic E-state index is -1.45. The highest BCUT2D eigenvalue weighted by molar-refractivity contribution is 6.06. The maximum Gasteiger partial charge on any atom is 0.328 e. The van der Waals surface area contributed by atoms with Crippen molar-refractivity contribution in [3.05, 3.63) is 65.2 Å². The maximum absolute atomic E-state index is 16.2. The molecular weight excluding hydrogens is 525 g/mol. The lowest BCUT2D eigenvalue weighted by Crippen LogP contribution is -2.55. The number of likely N-dealkylation sites (tertiary alicyclic amines) is 1. The Kier molecular flexibility index (Phi) is 6.28. The fraction of sp³-hybridized carbons (Fsp3) is 0.367. The highest BCUT2D eigenvalue weighted by atomic mass is 19.1. The molecule has 10 nitrogen and oxygen atoms in total. The number of hydrogen-bond acceptors (Lipinski definition) is 7. The molecule has 2 aromatic heterocycles. The Balaban J connectivity index is 1.27. The van der Waals surface area contributed by atoms with Crippen LogP contribution in [0.3, 0.4) is 0 Å². The van der Waals surface area contributed by atoms with Crippen LogP contribution in [0.5, 0.6) is 0 Å². The first-order chi connectivity index (χ1) is 19.5. The molecule has 6 rings (SSSR count). The third kappa shape index (κ3) is 4.40. The third-order valence-electron chi connectivity index (χ3n) is 8.55. The number of urea groups is 1. The Bertz CT molecular complexity index is 1780. The number of amides is 3. The van der Waals surface area contributed by atoms with Gasteiger partial charge in [-0.2, -0.15) is 10.4 Å². The summed E-state index contributed by atoms with van der Waals surface area (Å²) >= 11 is 0.